The van der Waals surface area contributed by atoms with Gasteiger partial charge >= 0.3 is 0 Å². The number of nitrogens with zero attached hydrogens (tertiary/aromatic N) is 5. The zero-order chi connectivity index (χ0) is 23.6. The molecule has 8 nitrogen and oxygen atoms in total. The number of carbonyl (C=O) groups is 1. The number of H-pyrrole nitrogens is 1. The van der Waals surface area contributed by atoms with E-state index in [1.165, 1.54) is 0 Å². The first-order chi connectivity index (χ1) is 17.2. The Morgan fingerprint density at radius 1 is 0.886 bits per heavy atom. The second-order valence-electron chi connectivity index (χ2n) is 8.20. The number of nitrogens with one attached hydrogen (secondary N) is 2. The van der Waals surface area contributed by atoms with Gasteiger partial charge < -0.3 is 5.32 Å². The number of ketones is 1. The Labute approximate surface area is 201 Å². The Morgan fingerprint density at radius 2 is 1.69 bits per heavy atom. The third kappa shape index (κ3) is 4.13. The Hall–Kier alpha value is -4.85. The van der Waals surface area contributed by atoms with Gasteiger partial charge in [-0.1, -0.05) is 54.6 Å². The summed E-state index contributed by atoms with van der Waals surface area (Å²) >= 11 is 0. The van der Waals surface area contributed by atoms with E-state index in [9.17, 15) is 4.79 Å². The van der Waals surface area contributed by atoms with Crippen LogP contribution >= 0.6 is 0 Å². The Bertz CT molecular complexity index is 1500. The molecule has 0 saturated heterocycles. The molecule has 170 valence electrons. The van der Waals surface area contributed by atoms with E-state index in [1.54, 1.807) is 10.9 Å². The van der Waals surface area contributed by atoms with Gasteiger partial charge in [0.05, 0.1) is 11.4 Å². The Kier molecular flexibility index (Phi) is 5.23. The maximum absolute atomic E-state index is 13.1. The highest BCUT2D eigenvalue weighted by atomic mass is 16.1. The number of aromatic amines is 1. The molecule has 1 atom stereocenters. The van der Waals surface area contributed by atoms with E-state index in [-0.39, 0.29) is 12.2 Å². The van der Waals surface area contributed by atoms with Crippen LogP contribution in [0.15, 0.2) is 102 Å². The van der Waals surface area contributed by atoms with Gasteiger partial charge in [-0.3, -0.25) is 14.9 Å². The number of hydrogen-bond acceptors (Lipinski definition) is 6. The van der Waals surface area contributed by atoms with Crippen molar-refractivity contribution in [3.63, 3.8) is 0 Å². The molecule has 0 radical (unpaired) electrons. The van der Waals surface area contributed by atoms with Crippen LogP contribution in [0.4, 0.5) is 5.95 Å². The molecule has 0 bridgehead atoms. The van der Waals surface area contributed by atoms with Gasteiger partial charge in [0.15, 0.2) is 17.8 Å². The van der Waals surface area contributed by atoms with Crippen LogP contribution in [0, 0.1) is 0 Å². The standard InChI is InChI=1S/C27H21N7O/c35-23-17-20-9-4-5-10-22(20)24(18-7-2-1-3-8-18)29-26(23)31-27-30-25(32-33-27)19-11-13-21(14-12-19)34-16-6-15-28-34/h1-16,26H,17H2,(H2,30,31,32,33). The van der Waals surface area contributed by atoms with Crippen molar-refractivity contribution in [2.45, 2.75) is 12.6 Å². The van der Waals surface area contributed by atoms with Gasteiger partial charge in [0.1, 0.15) is 0 Å². The Morgan fingerprint density at radius 3 is 2.49 bits per heavy atom. The molecule has 2 aromatic heterocycles. The monoisotopic (exact) mass is 459 g/mol. The SMILES string of the molecule is O=C1Cc2ccccc2C(c2ccccc2)=NC1Nc1n[nH]c(-c2ccc(-n3cccn3)cc2)n1. The second-order valence-corrected chi connectivity index (χ2v) is 8.20. The predicted octanol–water partition coefficient (Wildman–Crippen LogP) is 4.06. The van der Waals surface area contributed by atoms with Crippen molar-refractivity contribution in [1.29, 1.82) is 0 Å². The zero-order valence-electron chi connectivity index (χ0n) is 18.7. The van der Waals surface area contributed by atoms with Crippen molar-refractivity contribution in [3.05, 3.63) is 114 Å². The molecule has 0 fully saturated rings. The van der Waals surface area contributed by atoms with Crippen LogP contribution in [0.1, 0.15) is 16.7 Å². The van der Waals surface area contributed by atoms with Gasteiger partial charge in [0.25, 0.3) is 0 Å². The molecule has 3 aromatic carbocycles. The third-order valence-corrected chi connectivity index (χ3v) is 5.91. The van der Waals surface area contributed by atoms with Crippen LogP contribution in [-0.2, 0) is 11.2 Å². The molecule has 6 rings (SSSR count). The summed E-state index contributed by atoms with van der Waals surface area (Å²) in [6.07, 6.45) is 3.10. The summed E-state index contributed by atoms with van der Waals surface area (Å²) in [7, 11) is 0. The summed E-state index contributed by atoms with van der Waals surface area (Å²) in [5.74, 6) is 0.867. The van der Waals surface area contributed by atoms with Crippen molar-refractivity contribution in [3.8, 4) is 17.1 Å². The highest BCUT2D eigenvalue weighted by molar-refractivity contribution is 6.16. The molecule has 3 heterocycles. The highest BCUT2D eigenvalue weighted by Crippen LogP contribution is 2.23. The molecule has 1 aliphatic rings. The lowest BCUT2D eigenvalue weighted by atomic mass is 9.96. The maximum atomic E-state index is 13.1. The number of fused-ring (bicyclic) bond motifs is 1. The normalized spacial score (nSPS) is 15.3. The number of aliphatic imine (C=N–C) groups is 1. The third-order valence-electron chi connectivity index (χ3n) is 5.91. The minimum atomic E-state index is -0.802. The molecular weight excluding hydrogens is 438 g/mol. The molecule has 0 saturated carbocycles. The number of aromatic nitrogens is 5. The van der Waals surface area contributed by atoms with Gasteiger partial charge in [-0.05, 0) is 35.9 Å². The molecule has 1 aliphatic heterocycles. The van der Waals surface area contributed by atoms with Crippen molar-refractivity contribution in [2.24, 2.45) is 4.99 Å². The second kappa shape index (κ2) is 8.83. The first-order valence-electron chi connectivity index (χ1n) is 11.3. The Balaban J connectivity index is 1.29. The van der Waals surface area contributed by atoms with E-state index in [4.69, 9.17) is 4.99 Å². The number of Topliss-reactive ketones (excluding diaryl/α,β-unsaturated/α-hetero) is 1. The van der Waals surface area contributed by atoms with Gasteiger partial charge in [-0.15, -0.1) is 5.10 Å². The summed E-state index contributed by atoms with van der Waals surface area (Å²) in [4.78, 5) is 22.5. The lowest BCUT2D eigenvalue weighted by Gasteiger charge is -2.12. The van der Waals surface area contributed by atoms with Crippen LogP contribution in [0.3, 0.4) is 0 Å². The highest BCUT2D eigenvalue weighted by Gasteiger charge is 2.26. The number of rotatable bonds is 5. The molecule has 2 N–H and O–H groups in total. The molecule has 8 heteroatoms. The van der Waals surface area contributed by atoms with E-state index < -0.39 is 6.17 Å². The minimum absolute atomic E-state index is 0.0432. The smallest absolute Gasteiger partial charge is 0.244 e. The van der Waals surface area contributed by atoms with Gasteiger partial charge in [0, 0.05) is 35.5 Å². The van der Waals surface area contributed by atoms with Crippen molar-refractivity contribution >= 4 is 17.4 Å². The average molecular weight is 460 g/mol. The lowest BCUT2D eigenvalue weighted by molar-refractivity contribution is -0.118. The summed E-state index contributed by atoms with van der Waals surface area (Å²) < 4.78 is 1.79. The van der Waals surface area contributed by atoms with E-state index in [0.29, 0.717) is 11.8 Å². The number of carbonyl (C=O) groups excluding carboxylic acids is 1. The van der Waals surface area contributed by atoms with Gasteiger partial charge in [-0.2, -0.15) is 10.1 Å². The van der Waals surface area contributed by atoms with E-state index in [2.05, 4.69) is 25.6 Å². The summed E-state index contributed by atoms with van der Waals surface area (Å²) in [5, 5.41) is 14.6. The van der Waals surface area contributed by atoms with E-state index >= 15 is 0 Å². The summed E-state index contributed by atoms with van der Waals surface area (Å²) in [5.41, 5.74) is 5.46. The van der Waals surface area contributed by atoms with Crippen molar-refractivity contribution < 1.29 is 4.79 Å². The zero-order valence-corrected chi connectivity index (χ0v) is 18.7. The lowest BCUT2D eigenvalue weighted by Crippen LogP contribution is -2.29. The van der Waals surface area contributed by atoms with Crippen LogP contribution in [0.2, 0.25) is 0 Å². The quantitative estimate of drug-likeness (QED) is 0.413. The van der Waals surface area contributed by atoms with Crippen molar-refractivity contribution in [2.75, 3.05) is 5.32 Å². The average Bonchev–Trinajstić information content (AvgIpc) is 3.58. The molecular formula is C27H21N7O. The fourth-order valence-electron chi connectivity index (χ4n) is 4.17. The van der Waals surface area contributed by atoms with E-state index in [1.807, 2.05) is 91.1 Å². The van der Waals surface area contributed by atoms with Crippen molar-refractivity contribution in [1.82, 2.24) is 25.0 Å². The molecule has 0 amide bonds. The molecule has 5 aromatic rings. The molecule has 35 heavy (non-hydrogen) atoms. The van der Waals surface area contributed by atoms with Crippen LogP contribution in [0.5, 0.6) is 0 Å². The van der Waals surface area contributed by atoms with Crippen LogP contribution in [0.25, 0.3) is 17.1 Å². The topological polar surface area (TPSA) is 101 Å². The van der Waals surface area contributed by atoms with E-state index in [0.717, 1.165) is 33.7 Å². The maximum Gasteiger partial charge on any atom is 0.244 e. The predicted molar refractivity (Wildman–Crippen MR) is 134 cm³/mol. The molecule has 0 spiro atoms. The molecule has 1 unspecified atom stereocenters. The van der Waals surface area contributed by atoms with Crippen LogP contribution < -0.4 is 5.32 Å². The van der Waals surface area contributed by atoms with Crippen LogP contribution in [-0.4, -0.2) is 42.6 Å². The number of benzene rings is 3. The first kappa shape index (κ1) is 20.7. The fraction of sp³-hybridized carbons (Fsp3) is 0.0741. The number of anilines is 1. The first-order valence-corrected chi connectivity index (χ1v) is 11.3. The van der Waals surface area contributed by atoms with Gasteiger partial charge in [0.2, 0.25) is 5.95 Å². The number of hydrogen-bond donors (Lipinski definition) is 2. The summed E-state index contributed by atoms with van der Waals surface area (Å²) in [6, 6.07) is 27.5. The fourth-order valence-corrected chi connectivity index (χ4v) is 4.17. The van der Waals surface area contributed by atoms with Gasteiger partial charge in [-0.25, -0.2) is 4.68 Å². The molecule has 0 aliphatic carbocycles. The minimum Gasteiger partial charge on any atom is -0.325 e. The summed E-state index contributed by atoms with van der Waals surface area (Å²) in [6.45, 7) is 0. The largest absolute Gasteiger partial charge is 0.325 e.